The number of hydrogen-bond acceptors (Lipinski definition) is 1. The van der Waals surface area contributed by atoms with Crippen molar-refractivity contribution in [3.8, 4) is 11.1 Å². The summed E-state index contributed by atoms with van der Waals surface area (Å²) in [4.78, 5) is 15.5. The Hall–Kier alpha value is -3.85. The maximum Gasteiger partial charge on any atom is 0.263 e. The van der Waals surface area contributed by atoms with Crippen molar-refractivity contribution in [3.63, 3.8) is 0 Å². The van der Waals surface area contributed by atoms with E-state index in [-0.39, 0.29) is 12.6 Å². The molecule has 0 aromatic heterocycles. The summed E-state index contributed by atoms with van der Waals surface area (Å²) in [7, 11) is 0. The molecule has 0 bridgehead atoms. The van der Waals surface area contributed by atoms with Gasteiger partial charge in [-0.15, -0.1) is 0 Å². The molecule has 0 N–H and O–H groups in total. The van der Waals surface area contributed by atoms with Gasteiger partial charge >= 0.3 is 0 Å². The number of carbonyl (C=O) groups is 1. The minimum atomic E-state index is 0.0911. The first-order valence-electron chi connectivity index (χ1n) is 10.4. The van der Waals surface area contributed by atoms with Crippen LogP contribution in [0.5, 0.6) is 0 Å². The molecule has 8 rings (SSSR count). The van der Waals surface area contributed by atoms with Crippen molar-refractivity contribution in [2.75, 3.05) is 4.90 Å². The van der Waals surface area contributed by atoms with Gasteiger partial charge in [0.15, 0.2) is 0 Å². The molecule has 2 nitrogen and oxygen atoms in total. The molecule has 0 unspecified atom stereocenters. The highest BCUT2D eigenvalue weighted by Gasteiger charge is 2.45. The van der Waals surface area contributed by atoms with Crippen LogP contribution >= 0.6 is 0 Å². The van der Waals surface area contributed by atoms with E-state index in [4.69, 9.17) is 0 Å². The second-order valence-electron chi connectivity index (χ2n) is 8.47. The van der Waals surface area contributed by atoms with Gasteiger partial charge in [0.25, 0.3) is 5.91 Å². The number of anilines is 2. The molecule has 0 saturated heterocycles. The zero-order valence-corrected chi connectivity index (χ0v) is 16.0. The third kappa shape index (κ3) is 1.49. The number of nitrogens with zero attached hydrogens (tertiary/aromatic N) is 1. The van der Waals surface area contributed by atoms with Crippen LogP contribution in [0.1, 0.15) is 10.4 Å². The molecule has 3 heterocycles. The fourth-order valence-corrected chi connectivity index (χ4v) is 6.06. The number of benzene rings is 5. The average molecular weight is 379 g/mol. The Bertz CT molecular complexity index is 1630. The SMILES string of the molecule is O=C1c2cccc3ccc4c(c23)N1c1ccc2cccc3c2c1B4c1ccccc1-3. The van der Waals surface area contributed by atoms with Gasteiger partial charge in [-0.25, -0.2) is 0 Å². The van der Waals surface area contributed by atoms with Crippen molar-refractivity contribution in [2.24, 2.45) is 0 Å². The van der Waals surface area contributed by atoms with E-state index in [1.807, 2.05) is 17.0 Å². The highest BCUT2D eigenvalue weighted by Crippen LogP contribution is 2.45. The second-order valence-corrected chi connectivity index (χ2v) is 8.47. The van der Waals surface area contributed by atoms with Gasteiger partial charge in [0.2, 0.25) is 6.71 Å². The Morgan fingerprint density at radius 1 is 0.600 bits per heavy atom. The molecule has 0 spiro atoms. The van der Waals surface area contributed by atoms with E-state index in [0.29, 0.717) is 0 Å². The van der Waals surface area contributed by atoms with Crippen LogP contribution in [0, 0.1) is 0 Å². The summed E-state index contributed by atoms with van der Waals surface area (Å²) in [6, 6.07) is 30.1. The van der Waals surface area contributed by atoms with E-state index in [1.54, 1.807) is 0 Å². The Kier molecular flexibility index (Phi) is 2.42. The van der Waals surface area contributed by atoms with E-state index in [0.717, 1.165) is 27.7 Å². The Balaban J connectivity index is 1.64. The predicted molar refractivity (Wildman–Crippen MR) is 124 cm³/mol. The lowest BCUT2D eigenvalue weighted by molar-refractivity contribution is 0.100. The molecule has 3 aliphatic heterocycles. The van der Waals surface area contributed by atoms with E-state index in [1.165, 1.54) is 38.3 Å². The predicted octanol–water partition coefficient (Wildman–Crippen LogP) is 4.09. The van der Waals surface area contributed by atoms with Crippen LogP contribution in [-0.4, -0.2) is 12.6 Å². The van der Waals surface area contributed by atoms with E-state index >= 15 is 0 Å². The summed E-state index contributed by atoms with van der Waals surface area (Å²) < 4.78 is 0. The minimum Gasteiger partial charge on any atom is -0.277 e. The number of hydrogen-bond donors (Lipinski definition) is 0. The van der Waals surface area contributed by atoms with Crippen LogP contribution in [0.3, 0.4) is 0 Å². The van der Waals surface area contributed by atoms with E-state index in [2.05, 4.69) is 72.8 Å². The summed E-state index contributed by atoms with van der Waals surface area (Å²) in [5.74, 6) is 0.0911. The van der Waals surface area contributed by atoms with Crippen molar-refractivity contribution in [1.29, 1.82) is 0 Å². The standard InChI is InChI=1S/C27H14BNO/c30-27-19-9-4-6-16-11-13-21-26(24(16)19)29(27)22-14-12-15-5-3-8-18-17-7-1-2-10-20(17)28(21)25(22)23(15)18/h1-14H. The fraction of sp³-hybridized carbons (Fsp3) is 0. The molecular formula is C27H14BNO. The third-order valence-electron chi connectivity index (χ3n) is 7.17. The minimum absolute atomic E-state index is 0.0911. The molecule has 0 saturated carbocycles. The van der Waals surface area contributed by atoms with E-state index in [9.17, 15) is 4.79 Å². The normalized spacial score (nSPS) is 14.6. The second kappa shape index (κ2) is 4.82. The van der Waals surface area contributed by atoms with Crippen LogP contribution in [0.25, 0.3) is 32.7 Å². The first kappa shape index (κ1) is 15.1. The Morgan fingerprint density at radius 3 is 2.23 bits per heavy atom. The molecule has 5 aromatic rings. The lowest BCUT2D eigenvalue weighted by Crippen LogP contribution is -2.59. The zero-order chi connectivity index (χ0) is 19.6. The van der Waals surface area contributed by atoms with Gasteiger partial charge < -0.3 is 0 Å². The number of fused-ring (bicyclic) bond motifs is 5. The number of carbonyl (C=O) groups excluding carboxylic acids is 1. The molecule has 30 heavy (non-hydrogen) atoms. The molecule has 3 heteroatoms. The summed E-state index contributed by atoms with van der Waals surface area (Å²) in [6.07, 6.45) is 0. The molecule has 0 atom stereocenters. The molecule has 0 aliphatic carbocycles. The lowest BCUT2D eigenvalue weighted by Gasteiger charge is -2.37. The molecular weight excluding hydrogens is 365 g/mol. The van der Waals surface area contributed by atoms with Crippen molar-refractivity contribution in [3.05, 3.63) is 90.5 Å². The van der Waals surface area contributed by atoms with Gasteiger partial charge in [0, 0.05) is 11.1 Å². The van der Waals surface area contributed by atoms with E-state index < -0.39 is 0 Å². The molecule has 3 aliphatic rings. The topological polar surface area (TPSA) is 20.3 Å². The van der Waals surface area contributed by atoms with Crippen molar-refractivity contribution < 1.29 is 4.79 Å². The van der Waals surface area contributed by atoms with Gasteiger partial charge in [-0.3, -0.25) is 9.69 Å². The van der Waals surface area contributed by atoms with Gasteiger partial charge in [-0.2, -0.15) is 0 Å². The fourth-order valence-electron chi connectivity index (χ4n) is 6.06. The smallest absolute Gasteiger partial charge is 0.263 e. The average Bonchev–Trinajstić information content (AvgIpc) is 3.10. The van der Waals surface area contributed by atoms with Gasteiger partial charge in [-0.1, -0.05) is 78.3 Å². The van der Waals surface area contributed by atoms with Crippen LogP contribution in [0.4, 0.5) is 11.4 Å². The molecule has 0 fully saturated rings. The Labute approximate surface area is 173 Å². The highest BCUT2D eigenvalue weighted by atomic mass is 16.2. The van der Waals surface area contributed by atoms with Crippen molar-refractivity contribution in [1.82, 2.24) is 0 Å². The highest BCUT2D eigenvalue weighted by molar-refractivity contribution is 7.01. The zero-order valence-electron chi connectivity index (χ0n) is 16.0. The van der Waals surface area contributed by atoms with Crippen molar-refractivity contribution >= 4 is 61.9 Å². The van der Waals surface area contributed by atoms with Crippen LogP contribution in [0.2, 0.25) is 0 Å². The number of amides is 1. The maximum absolute atomic E-state index is 13.6. The summed E-state index contributed by atoms with van der Waals surface area (Å²) >= 11 is 0. The molecule has 1 amide bonds. The first-order chi connectivity index (χ1) is 14.8. The first-order valence-corrected chi connectivity index (χ1v) is 10.4. The summed E-state index contributed by atoms with van der Waals surface area (Å²) in [5, 5.41) is 4.76. The maximum atomic E-state index is 13.6. The van der Waals surface area contributed by atoms with Crippen molar-refractivity contribution in [2.45, 2.75) is 0 Å². The number of rotatable bonds is 0. The van der Waals surface area contributed by atoms with Crippen LogP contribution in [0.15, 0.2) is 84.9 Å². The molecule has 136 valence electrons. The Morgan fingerprint density at radius 2 is 1.33 bits per heavy atom. The quantitative estimate of drug-likeness (QED) is 0.364. The van der Waals surface area contributed by atoms with Crippen LogP contribution < -0.4 is 21.3 Å². The summed E-state index contributed by atoms with van der Waals surface area (Å²) in [5.41, 5.74) is 9.35. The molecule has 5 aromatic carbocycles. The van der Waals surface area contributed by atoms with Gasteiger partial charge in [-0.05, 0) is 50.3 Å². The monoisotopic (exact) mass is 379 g/mol. The molecule has 0 radical (unpaired) electrons. The summed E-state index contributed by atoms with van der Waals surface area (Å²) in [6.45, 7) is 0.143. The largest absolute Gasteiger partial charge is 0.277 e. The van der Waals surface area contributed by atoms with Gasteiger partial charge in [0.05, 0.1) is 11.3 Å². The lowest BCUT2D eigenvalue weighted by atomic mass is 9.32. The third-order valence-corrected chi connectivity index (χ3v) is 7.17. The van der Waals surface area contributed by atoms with Crippen LogP contribution in [-0.2, 0) is 0 Å². The van der Waals surface area contributed by atoms with Gasteiger partial charge in [0.1, 0.15) is 0 Å².